The van der Waals surface area contributed by atoms with Crippen LogP contribution in [0.2, 0.25) is 0 Å². The van der Waals surface area contributed by atoms with Crippen LogP contribution in [0.25, 0.3) is 17.2 Å². The standard InChI is InChI=1S/C29H31N7O3/c1-3-7-25-23(14-18-10-13-24(31-15-18)21-8-5-6-9-22(21)26(30)35-38)28(37)36(27(34-25)19-11-12-19)29-32-16-20(17-33-29)39-4-2/h5-6,8-10,13,15-17,19,38H,3-4,7,11-12,14H2,1-2H3,(H2,30,35). The Labute approximate surface area is 226 Å². The highest BCUT2D eigenvalue weighted by Crippen LogP contribution is 2.39. The molecular formula is C29H31N7O3. The van der Waals surface area contributed by atoms with E-state index in [1.165, 1.54) is 0 Å². The smallest absolute Gasteiger partial charge is 0.264 e. The second kappa shape index (κ2) is 11.4. The third-order valence-electron chi connectivity index (χ3n) is 6.64. The number of rotatable bonds is 10. The second-order valence-electron chi connectivity index (χ2n) is 9.47. The van der Waals surface area contributed by atoms with Crippen molar-refractivity contribution < 1.29 is 9.94 Å². The van der Waals surface area contributed by atoms with Gasteiger partial charge in [0.1, 0.15) is 5.82 Å². The Balaban J connectivity index is 1.53. The van der Waals surface area contributed by atoms with E-state index in [-0.39, 0.29) is 17.3 Å². The highest BCUT2D eigenvalue weighted by molar-refractivity contribution is 6.02. The zero-order chi connectivity index (χ0) is 27.4. The predicted octanol–water partition coefficient (Wildman–Crippen LogP) is 4.00. The lowest BCUT2D eigenvalue weighted by molar-refractivity contribution is 0.318. The van der Waals surface area contributed by atoms with E-state index < -0.39 is 0 Å². The fraction of sp³-hybridized carbons (Fsp3) is 0.310. The molecule has 4 aromatic rings. The summed E-state index contributed by atoms with van der Waals surface area (Å²) in [7, 11) is 0. The first-order valence-electron chi connectivity index (χ1n) is 13.2. The van der Waals surface area contributed by atoms with Crippen LogP contribution in [0.5, 0.6) is 5.75 Å². The molecule has 0 amide bonds. The third-order valence-corrected chi connectivity index (χ3v) is 6.64. The molecule has 1 aliphatic rings. The summed E-state index contributed by atoms with van der Waals surface area (Å²) in [5.74, 6) is 1.82. The average Bonchev–Trinajstić information content (AvgIpc) is 3.81. The monoisotopic (exact) mass is 525 g/mol. The molecule has 0 unspecified atom stereocenters. The number of aryl methyl sites for hydroxylation is 1. The van der Waals surface area contributed by atoms with Gasteiger partial charge >= 0.3 is 0 Å². The highest BCUT2D eigenvalue weighted by Gasteiger charge is 2.31. The van der Waals surface area contributed by atoms with E-state index in [0.29, 0.717) is 48.0 Å². The molecule has 200 valence electrons. The molecule has 0 bridgehead atoms. The minimum absolute atomic E-state index is 0.0135. The number of nitrogens with two attached hydrogens (primary N) is 1. The maximum atomic E-state index is 14.0. The number of ether oxygens (including phenoxy) is 1. The largest absolute Gasteiger partial charge is 0.491 e. The topological polar surface area (TPSA) is 141 Å². The lowest BCUT2D eigenvalue weighted by Crippen LogP contribution is -2.30. The van der Waals surface area contributed by atoms with Crippen LogP contribution in [0.3, 0.4) is 0 Å². The Morgan fingerprint density at radius 3 is 2.51 bits per heavy atom. The molecule has 3 N–H and O–H groups in total. The molecule has 1 aliphatic carbocycles. The first-order chi connectivity index (χ1) is 19.0. The van der Waals surface area contributed by atoms with E-state index in [4.69, 9.17) is 20.7 Å². The first-order valence-corrected chi connectivity index (χ1v) is 13.2. The number of benzene rings is 1. The Kier molecular flexibility index (Phi) is 7.62. The summed E-state index contributed by atoms with van der Waals surface area (Å²) in [6.45, 7) is 4.48. The van der Waals surface area contributed by atoms with Gasteiger partial charge in [-0.3, -0.25) is 9.78 Å². The summed E-state index contributed by atoms with van der Waals surface area (Å²) in [6.07, 6.45) is 8.85. The van der Waals surface area contributed by atoms with Gasteiger partial charge in [0.25, 0.3) is 5.56 Å². The van der Waals surface area contributed by atoms with Crippen molar-refractivity contribution in [1.29, 1.82) is 0 Å². The normalized spacial score (nSPS) is 13.4. The van der Waals surface area contributed by atoms with Crippen LogP contribution in [0.4, 0.5) is 0 Å². The van der Waals surface area contributed by atoms with Crippen LogP contribution >= 0.6 is 0 Å². The molecule has 5 rings (SSSR count). The van der Waals surface area contributed by atoms with Crippen molar-refractivity contribution in [1.82, 2.24) is 24.5 Å². The molecule has 10 heteroatoms. The predicted molar refractivity (Wildman–Crippen MR) is 148 cm³/mol. The molecule has 3 heterocycles. The molecule has 0 spiro atoms. The van der Waals surface area contributed by atoms with Crippen molar-refractivity contribution in [3.05, 3.63) is 93.6 Å². The van der Waals surface area contributed by atoms with Gasteiger partial charge in [0.05, 0.1) is 30.4 Å². The van der Waals surface area contributed by atoms with Gasteiger partial charge in [-0.1, -0.05) is 48.8 Å². The van der Waals surface area contributed by atoms with E-state index in [1.807, 2.05) is 37.3 Å². The number of oxime groups is 1. The fourth-order valence-electron chi connectivity index (χ4n) is 4.59. The van der Waals surface area contributed by atoms with E-state index in [0.717, 1.165) is 41.9 Å². The Bertz CT molecular complexity index is 1540. The molecule has 0 atom stereocenters. The average molecular weight is 526 g/mol. The molecule has 3 aromatic heterocycles. The summed E-state index contributed by atoms with van der Waals surface area (Å²) in [4.78, 5) is 32.5. The molecule has 0 aliphatic heterocycles. The van der Waals surface area contributed by atoms with Crippen molar-refractivity contribution >= 4 is 5.84 Å². The van der Waals surface area contributed by atoms with Crippen molar-refractivity contribution in [3.8, 4) is 23.0 Å². The van der Waals surface area contributed by atoms with Crippen molar-refractivity contribution in [3.63, 3.8) is 0 Å². The Morgan fingerprint density at radius 1 is 1.10 bits per heavy atom. The van der Waals surface area contributed by atoms with Gasteiger partial charge in [-0.2, -0.15) is 0 Å². The Hall–Kier alpha value is -4.60. The zero-order valence-corrected chi connectivity index (χ0v) is 22.0. The number of amidine groups is 1. The minimum Gasteiger partial charge on any atom is -0.491 e. The number of hydrogen-bond donors (Lipinski definition) is 2. The highest BCUT2D eigenvalue weighted by atomic mass is 16.5. The maximum absolute atomic E-state index is 14.0. The van der Waals surface area contributed by atoms with Crippen molar-refractivity contribution in [2.75, 3.05) is 6.61 Å². The van der Waals surface area contributed by atoms with E-state index >= 15 is 0 Å². The maximum Gasteiger partial charge on any atom is 0.264 e. The summed E-state index contributed by atoms with van der Waals surface area (Å²) >= 11 is 0. The van der Waals surface area contributed by atoms with Gasteiger partial charge in [-0.15, -0.1) is 0 Å². The van der Waals surface area contributed by atoms with Gasteiger partial charge in [0.2, 0.25) is 5.95 Å². The van der Waals surface area contributed by atoms with Gasteiger partial charge in [-0.25, -0.2) is 19.5 Å². The van der Waals surface area contributed by atoms with Crippen LogP contribution in [-0.4, -0.2) is 42.2 Å². The van der Waals surface area contributed by atoms with E-state index in [1.54, 1.807) is 29.2 Å². The Morgan fingerprint density at radius 2 is 1.87 bits per heavy atom. The van der Waals surface area contributed by atoms with E-state index in [9.17, 15) is 4.79 Å². The first kappa shape index (κ1) is 26.0. The van der Waals surface area contributed by atoms with Crippen LogP contribution in [0.1, 0.15) is 67.2 Å². The third kappa shape index (κ3) is 5.50. The SMILES string of the molecule is CCCc1nc(C2CC2)n(-c2ncc(OCC)cn2)c(=O)c1Cc1ccc(-c2ccccc2C(N)=NO)nc1. The van der Waals surface area contributed by atoms with Crippen LogP contribution in [0, 0.1) is 0 Å². The number of pyridine rings is 1. The van der Waals surface area contributed by atoms with Gasteiger partial charge < -0.3 is 15.7 Å². The summed E-state index contributed by atoms with van der Waals surface area (Å²) in [5, 5.41) is 12.3. The van der Waals surface area contributed by atoms with Crippen LogP contribution < -0.4 is 16.0 Å². The number of nitrogens with zero attached hydrogens (tertiary/aromatic N) is 6. The summed E-state index contributed by atoms with van der Waals surface area (Å²) < 4.78 is 7.04. The van der Waals surface area contributed by atoms with E-state index in [2.05, 4.69) is 27.0 Å². The van der Waals surface area contributed by atoms with Crippen molar-refractivity contribution in [2.45, 2.75) is 51.9 Å². The summed E-state index contributed by atoms with van der Waals surface area (Å²) in [5.41, 5.74) is 10.0. The van der Waals surface area contributed by atoms with Crippen molar-refractivity contribution in [2.24, 2.45) is 10.9 Å². The molecule has 39 heavy (non-hydrogen) atoms. The zero-order valence-electron chi connectivity index (χ0n) is 22.0. The lowest BCUT2D eigenvalue weighted by Gasteiger charge is -2.16. The molecule has 0 saturated heterocycles. The minimum atomic E-state index is -0.152. The van der Waals surface area contributed by atoms with Gasteiger partial charge in [-0.05, 0) is 37.8 Å². The fourth-order valence-corrected chi connectivity index (χ4v) is 4.59. The molecule has 1 aromatic carbocycles. The summed E-state index contributed by atoms with van der Waals surface area (Å²) in [6, 6.07) is 11.1. The van der Waals surface area contributed by atoms with Gasteiger partial charge in [0.15, 0.2) is 11.6 Å². The second-order valence-corrected chi connectivity index (χ2v) is 9.47. The molecule has 10 nitrogen and oxygen atoms in total. The number of hydrogen-bond acceptors (Lipinski definition) is 8. The lowest BCUT2D eigenvalue weighted by atomic mass is 10.0. The van der Waals surface area contributed by atoms with Crippen LogP contribution in [0.15, 0.2) is 64.9 Å². The molecular weight excluding hydrogens is 494 g/mol. The molecule has 1 saturated carbocycles. The quantitative estimate of drug-likeness (QED) is 0.137. The number of aromatic nitrogens is 5. The van der Waals surface area contributed by atoms with Crippen LogP contribution in [-0.2, 0) is 12.8 Å². The molecule has 1 fully saturated rings. The molecule has 0 radical (unpaired) electrons. The van der Waals surface area contributed by atoms with Gasteiger partial charge in [0, 0.05) is 35.2 Å².